The maximum absolute atomic E-state index is 13.2. The molecule has 2 N–H and O–H groups in total. The predicted molar refractivity (Wildman–Crippen MR) is 131 cm³/mol. The first-order chi connectivity index (χ1) is 15.1. The van der Waals surface area contributed by atoms with E-state index >= 15 is 0 Å². The Morgan fingerprint density at radius 1 is 0.844 bits per heavy atom. The number of aryl methyl sites for hydroxylation is 1. The molecule has 0 aromatic heterocycles. The van der Waals surface area contributed by atoms with E-state index in [1.807, 2.05) is 19.1 Å². The average Bonchev–Trinajstić information content (AvgIpc) is 2.77. The second kappa shape index (κ2) is 16.9. The van der Waals surface area contributed by atoms with Gasteiger partial charge in [-0.05, 0) is 25.5 Å². The summed E-state index contributed by atoms with van der Waals surface area (Å²) < 4.78 is 28.1. The highest BCUT2D eigenvalue weighted by Crippen LogP contribution is 2.22. The summed E-state index contributed by atoms with van der Waals surface area (Å²) in [6.07, 6.45) is 18.5. The number of hydrogen-bond acceptors (Lipinski definition) is 2. The number of hydrogen-bond donors (Lipinski definition) is 1. The highest BCUT2D eigenvalue weighted by atomic mass is 35.5. The molecule has 32 heavy (non-hydrogen) atoms. The van der Waals surface area contributed by atoms with Crippen molar-refractivity contribution in [3.8, 4) is 0 Å². The van der Waals surface area contributed by atoms with Gasteiger partial charge in [0.15, 0.2) is 0 Å². The van der Waals surface area contributed by atoms with Crippen LogP contribution in [-0.2, 0) is 10.0 Å². The Hall–Kier alpha value is -0.620. The van der Waals surface area contributed by atoms with Gasteiger partial charge in [-0.15, -0.1) is 0 Å². The van der Waals surface area contributed by atoms with Crippen molar-refractivity contribution in [3.63, 3.8) is 0 Å². The molecule has 1 fully saturated rings. The number of nitrogens with two attached hydrogens (primary N) is 1. The van der Waals surface area contributed by atoms with Crippen LogP contribution in [0.3, 0.4) is 0 Å². The SMILES string of the molecule is CCCCCCCCCCCCCCCC1C[NH2+]CCN1S(=O)(=O)c1ccc(C)cc1.[Cl-]. The van der Waals surface area contributed by atoms with Crippen molar-refractivity contribution in [2.45, 2.75) is 115 Å². The van der Waals surface area contributed by atoms with Gasteiger partial charge in [0.2, 0.25) is 10.0 Å². The number of benzene rings is 1. The summed E-state index contributed by atoms with van der Waals surface area (Å²) in [5.74, 6) is 0. The molecule has 1 aromatic rings. The highest BCUT2D eigenvalue weighted by molar-refractivity contribution is 7.89. The third-order valence-electron chi connectivity index (χ3n) is 6.67. The molecule has 186 valence electrons. The first-order valence-corrected chi connectivity index (χ1v) is 14.4. The molecule has 0 saturated carbocycles. The van der Waals surface area contributed by atoms with Gasteiger partial charge >= 0.3 is 0 Å². The lowest BCUT2D eigenvalue weighted by molar-refractivity contribution is -0.667. The van der Waals surface area contributed by atoms with Crippen LogP contribution in [0.1, 0.15) is 102 Å². The summed E-state index contributed by atoms with van der Waals surface area (Å²) in [7, 11) is -3.38. The molecule has 6 heteroatoms. The van der Waals surface area contributed by atoms with E-state index in [4.69, 9.17) is 0 Å². The van der Waals surface area contributed by atoms with Gasteiger partial charge in [-0.2, -0.15) is 4.31 Å². The predicted octanol–water partition coefficient (Wildman–Crippen LogP) is 2.42. The van der Waals surface area contributed by atoms with E-state index in [0.29, 0.717) is 11.4 Å². The van der Waals surface area contributed by atoms with Crippen LogP contribution in [0.4, 0.5) is 0 Å². The number of piperazine rings is 1. The molecule has 1 aromatic carbocycles. The van der Waals surface area contributed by atoms with Crippen LogP contribution >= 0.6 is 0 Å². The van der Waals surface area contributed by atoms with Crippen molar-refractivity contribution in [2.75, 3.05) is 19.6 Å². The van der Waals surface area contributed by atoms with Crippen molar-refractivity contribution >= 4 is 10.0 Å². The summed E-state index contributed by atoms with van der Waals surface area (Å²) in [4.78, 5) is 0.440. The van der Waals surface area contributed by atoms with Crippen LogP contribution in [0.15, 0.2) is 29.2 Å². The molecule has 1 atom stereocenters. The van der Waals surface area contributed by atoms with E-state index in [1.54, 1.807) is 16.4 Å². The fraction of sp³-hybridized carbons (Fsp3) is 0.769. The molecule has 1 unspecified atom stereocenters. The molecule has 4 nitrogen and oxygen atoms in total. The maximum Gasteiger partial charge on any atom is 0.243 e. The lowest BCUT2D eigenvalue weighted by atomic mass is 10.0. The molecule has 0 bridgehead atoms. The average molecular weight is 487 g/mol. The van der Waals surface area contributed by atoms with Gasteiger partial charge < -0.3 is 17.7 Å². The van der Waals surface area contributed by atoms with Crippen LogP contribution in [-0.4, -0.2) is 38.4 Å². The zero-order valence-electron chi connectivity index (χ0n) is 20.5. The van der Waals surface area contributed by atoms with Crippen molar-refractivity contribution < 1.29 is 26.1 Å². The van der Waals surface area contributed by atoms with Crippen molar-refractivity contribution in [2.24, 2.45) is 0 Å². The maximum atomic E-state index is 13.2. The fourth-order valence-electron chi connectivity index (χ4n) is 4.65. The van der Waals surface area contributed by atoms with E-state index in [2.05, 4.69) is 12.2 Å². The standard InChI is InChI=1S/C26H46N2O2S.ClH/c1-3-4-5-6-7-8-9-10-11-12-13-14-15-16-25-23-27-21-22-28(25)31(29,30)26-19-17-24(2)18-20-26;/h17-20,25,27H,3-16,21-23H2,1-2H3;1H. The van der Waals surface area contributed by atoms with Crippen LogP contribution in [0.25, 0.3) is 0 Å². The van der Waals surface area contributed by atoms with Gasteiger partial charge in [-0.1, -0.05) is 108 Å². The molecule has 0 spiro atoms. The quantitative estimate of drug-likeness (QED) is 0.365. The summed E-state index contributed by atoms with van der Waals surface area (Å²) in [5.41, 5.74) is 1.09. The summed E-state index contributed by atoms with van der Waals surface area (Å²) in [6, 6.07) is 7.43. The van der Waals surface area contributed by atoms with E-state index in [9.17, 15) is 8.42 Å². The number of halogens is 1. The Morgan fingerprint density at radius 3 is 1.88 bits per heavy atom. The minimum atomic E-state index is -3.38. The Balaban J connectivity index is 0.00000512. The van der Waals surface area contributed by atoms with Gasteiger partial charge in [0.25, 0.3) is 0 Å². The topological polar surface area (TPSA) is 54.0 Å². The zero-order valence-corrected chi connectivity index (χ0v) is 22.1. The Bertz CT molecular complexity index is 694. The second-order valence-electron chi connectivity index (χ2n) is 9.43. The van der Waals surface area contributed by atoms with E-state index in [-0.39, 0.29) is 18.4 Å². The number of quaternary nitrogens is 1. The fourth-order valence-corrected chi connectivity index (χ4v) is 6.33. The minimum Gasteiger partial charge on any atom is -1.00 e. The van der Waals surface area contributed by atoms with Crippen molar-refractivity contribution in [1.29, 1.82) is 0 Å². The first-order valence-electron chi connectivity index (χ1n) is 13.0. The summed E-state index contributed by atoms with van der Waals surface area (Å²) in [5, 5.41) is 2.27. The third-order valence-corrected chi connectivity index (χ3v) is 8.63. The Kier molecular flexibility index (Phi) is 15.5. The summed E-state index contributed by atoms with van der Waals surface area (Å²) in [6.45, 7) is 6.64. The van der Waals surface area contributed by atoms with Gasteiger partial charge in [-0.3, -0.25) is 0 Å². The van der Waals surface area contributed by atoms with Crippen LogP contribution in [0.5, 0.6) is 0 Å². The molecule has 0 amide bonds. The number of nitrogens with zero attached hydrogens (tertiary/aromatic N) is 1. The molecular formula is C26H47ClN2O2S. The van der Waals surface area contributed by atoms with Crippen LogP contribution in [0, 0.1) is 6.92 Å². The van der Waals surface area contributed by atoms with E-state index in [1.165, 1.54) is 77.0 Å². The molecule has 0 radical (unpaired) electrons. The third kappa shape index (κ3) is 10.5. The molecule has 1 heterocycles. The van der Waals surface area contributed by atoms with Crippen molar-refractivity contribution in [3.05, 3.63) is 29.8 Å². The molecule has 1 saturated heterocycles. The summed E-state index contributed by atoms with van der Waals surface area (Å²) >= 11 is 0. The minimum absolute atomic E-state index is 0. The van der Waals surface area contributed by atoms with Gasteiger partial charge in [0.1, 0.15) is 0 Å². The first kappa shape index (κ1) is 29.4. The van der Waals surface area contributed by atoms with Crippen LogP contribution in [0.2, 0.25) is 0 Å². The van der Waals surface area contributed by atoms with E-state index in [0.717, 1.165) is 31.5 Å². The number of unbranched alkanes of at least 4 members (excludes halogenated alkanes) is 12. The Labute approximate surface area is 204 Å². The molecule has 1 aliphatic rings. The molecular weight excluding hydrogens is 440 g/mol. The van der Waals surface area contributed by atoms with Gasteiger partial charge in [-0.25, -0.2) is 8.42 Å². The number of sulfonamides is 1. The van der Waals surface area contributed by atoms with Gasteiger partial charge in [0.05, 0.1) is 30.6 Å². The smallest absolute Gasteiger partial charge is 0.243 e. The van der Waals surface area contributed by atoms with Crippen LogP contribution < -0.4 is 17.7 Å². The molecule has 0 aliphatic carbocycles. The second-order valence-corrected chi connectivity index (χ2v) is 11.3. The normalized spacial score (nSPS) is 17.2. The largest absolute Gasteiger partial charge is 1.00 e. The monoisotopic (exact) mass is 486 g/mol. The lowest BCUT2D eigenvalue weighted by Crippen LogP contribution is -3.00. The van der Waals surface area contributed by atoms with Gasteiger partial charge in [0, 0.05) is 0 Å². The lowest BCUT2D eigenvalue weighted by Gasteiger charge is -2.33. The van der Waals surface area contributed by atoms with Crippen molar-refractivity contribution in [1.82, 2.24) is 4.31 Å². The Morgan fingerprint density at radius 2 is 1.34 bits per heavy atom. The highest BCUT2D eigenvalue weighted by Gasteiger charge is 2.34. The zero-order chi connectivity index (χ0) is 22.4. The van der Waals surface area contributed by atoms with E-state index < -0.39 is 10.0 Å². The molecule has 1 aliphatic heterocycles. The molecule has 2 rings (SSSR count). The number of rotatable bonds is 16.